The second-order valence-corrected chi connectivity index (χ2v) is 9.65. The van der Waals surface area contributed by atoms with Crippen molar-refractivity contribution in [2.24, 2.45) is 5.92 Å². The smallest absolute Gasteiger partial charge is 1.00 e. The van der Waals surface area contributed by atoms with Crippen molar-refractivity contribution in [2.45, 2.75) is 41.5 Å². The molecule has 0 aliphatic heterocycles. The van der Waals surface area contributed by atoms with E-state index in [-0.39, 0.29) is 56.1 Å². The van der Waals surface area contributed by atoms with Crippen molar-refractivity contribution in [3.05, 3.63) is 119 Å². The van der Waals surface area contributed by atoms with Crippen LogP contribution >= 0.6 is 0 Å². The van der Waals surface area contributed by atoms with Gasteiger partial charge in [-0.2, -0.15) is 11.1 Å². The normalized spacial score (nSPS) is 13.5. The second-order valence-electron chi connectivity index (χ2n) is 8.03. The van der Waals surface area contributed by atoms with E-state index >= 15 is 0 Å². The topological polar surface area (TPSA) is 23.8 Å². The molecule has 34 heavy (non-hydrogen) atoms. The standard InChI is InChI=1S/C12H11Si.C9H13.C8H10N.2ClH.Ti/c1-3-7-11(8-4-1)13-12-9-5-2-6-10-12;1-6-5-7(2)9(4)8(6)3;1-6-4-3-5-7(2)8(6)9;;;/h1-10,13H;6H,1-4H3;3-5,9H,1-2H3;2*1H;/q;2*-1;;;+4/p-2. The average molecular weight is 543 g/mol. The minimum absolute atomic E-state index is 0. The Morgan fingerprint density at radius 3 is 1.35 bits per heavy atom. The molecule has 0 saturated carbocycles. The Balaban J connectivity index is 0. The molecule has 1 aliphatic carbocycles. The zero-order valence-electron chi connectivity index (χ0n) is 20.9. The molecular formula is C29H34Cl2NSiTi. The van der Waals surface area contributed by atoms with Crippen molar-refractivity contribution in [1.82, 2.24) is 0 Å². The van der Waals surface area contributed by atoms with E-state index in [4.69, 9.17) is 5.73 Å². The summed E-state index contributed by atoms with van der Waals surface area (Å²) in [6.07, 6.45) is 3.36. The van der Waals surface area contributed by atoms with Crippen LogP contribution in [0.4, 0.5) is 5.69 Å². The van der Waals surface area contributed by atoms with Gasteiger partial charge in [-0.3, -0.25) is 6.08 Å². The first-order chi connectivity index (χ1) is 14.8. The molecule has 0 aromatic heterocycles. The Hall–Kier alpha value is -1.55. The Labute approximate surface area is 236 Å². The van der Waals surface area contributed by atoms with Gasteiger partial charge in [-0.1, -0.05) is 127 Å². The number of aryl methyl sites for hydroxylation is 2. The molecule has 4 rings (SSSR count). The van der Waals surface area contributed by atoms with E-state index in [2.05, 4.69) is 94.4 Å². The average Bonchev–Trinajstić information content (AvgIpc) is 3.00. The molecule has 1 radical (unpaired) electrons. The third kappa shape index (κ3) is 11.3. The quantitative estimate of drug-likeness (QED) is 0.338. The molecule has 0 fully saturated rings. The molecule has 3 aromatic carbocycles. The summed E-state index contributed by atoms with van der Waals surface area (Å²) in [6.45, 7) is 12.6. The first kappa shape index (κ1) is 34.6. The predicted octanol–water partition coefficient (Wildman–Crippen LogP) is 0.789. The van der Waals surface area contributed by atoms with E-state index in [0.29, 0.717) is 11.6 Å². The largest absolute Gasteiger partial charge is 4.00 e. The summed E-state index contributed by atoms with van der Waals surface area (Å²) in [5.41, 5.74) is 14.5. The molecule has 1 atom stereocenters. The molecule has 0 spiro atoms. The van der Waals surface area contributed by atoms with Gasteiger partial charge < -0.3 is 30.5 Å². The molecule has 0 amide bonds. The van der Waals surface area contributed by atoms with Gasteiger partial charge in [0.1, 0.15) is 9.52 Å². The summed E-state index contributed by atoms with van der Waals surface area (Å²) in [7, 11) is 0.271. The third-order valence-corrected chi connectivity index (χ3v) is 7.09. The summed E-state index contributed by atoms with van der Waals surface area (Å²) < 4.78 is 0. The minimum atomic E-state index is 0. The van der Waals surface area contributed by atoms with Gasteiger partial charge >= 0.3 is 21.7 Å². The van der Waals surface area contributed by atoms with Crippen molar-refractivity contribution >= 4 is 25.6 Å². The Kier molecular flexibility index (Phi) is 18.1. The summed E-state index contributed by atoms with van der Waals surface area (Å²) in [5.74, 6) is 0.560. The number of hydrogen-bond donors (Lipinski definition) is 0. The molecule has 0 bridgehead atoms. The fourth-order valence-electron chi connectivity index (χ4n) is 3.27. The van der Waals surface area contributed by atoms with Crippen molar-refractivity contribution in [3.63, 3.8) is 0 Å². The van der Waals surface area contributed by atoms with Crippen molar-refractivity contribution < 1.29 is 46.5 Å². The van der Waals surface area contributed by atoms with Crippen LogP contribution in [-0.4, -0.2) is 9.52 Å². The van der Waals surface area contributed by atoms with Gasteiger partial charge in [0.05, 0.1) is 0 Å². The Morgan fingerprint density at radius 2 is 1.09 bits per heavy atom. The van der Waals surface area contributed by atoms with Crippen LogP contribution in [-0.2, 0) is 21.7 Å². The van der Waals surface area contributed by atoms with Crippen LogP contribution in [0.2, 0.25) is 0 Å². The molecule has 1 N–H and O–H groups in total. The maximum atomic E-state index is 7.44. The van der Waals surface area contributed by atoms with Crippen LogP contribution in [0.25, 0.3) is 5.73 Å². The molecule has 1 unspecified atom stereocenters. The van der Waals surface area contributed by atoms with Crippen LogP contribution in [0.3, 0.4) is 0 Å². The van der Waals surface area contributed by atoms with Gasteiger partial charge in [-0.25, -0.2) is 5.57 Å². The molecule has 177 valence electrons. The van der Waals surface area contributed by atoms with Crippen molar-refractivity contribution in [3.8, 4) is 0 Å². The van der Waals surface area contributed by atoms with Crippen molar-refractivity contribution in [1.29, 1.82) is 0 Å². The summed E-state index contributed by atoms with van der Waals surface area (Å²) >= 11 is 0. The zero-order chi connectivity index (χ0) is 22.8. The molecular weight excluding hydrogens is 509 g/mol. The van der Waals surface area contributed by atoms with Gasteiger partial charge in [0.25, 0.3) is 0 Å². The number of halogens is 2. The minimum Gasteiger partial charge on any atom is -1.00 e. The van der Waals surface area contributed by atoms with E-state index in [1.165, 1.54) is 27.1 Å². The first-order valence-electron chi connectivity index (χ1n) is 10.8. The molecule has 1 nitrogen and oxygen atoms in total. The monoisotopic (exact) mass is 542 g/mol. The Morgan fingerprint density at radius 1 is 0.676 bits per heavy atom. The van der Waals surface area contributed by atoms with Gasteiger partial charge in [-0.15, -0.1) is 12.6 Å². The van der Waals surface area contributed by atoms with Gasteiger partial charge in [0, 0.05) is 0 Å². The molecule has 1 aliphatic rings. The molecule has 0 saturated heterocycles. The SMILES string of the molecule is CC1=[C-]C(C)C(C)=C1C.Cc1cccc(C)c1[NH-].[Cl-].[Cl-].[Ti+4].c1ccc([SiH]c2ccccc2)cc1. The van der Waals surface area contributed by atoms with Crippen LogP contribution < -0.4 is 35.2 Å². The van der Waals surface area contributed by atoms with E-state index in [0.717, 1.165) is 11.1 Å². The van der Waals surface area contributed by atoms with E-state index in [1.54, 1.807) is 0 Å². The van der Waals surface area contributed by atoms with Gasteiger partial charge in [0.15, 0.2) is 0 Å². The number of rotatable bonds is 2. The predicted molar refractivity (Wildman–Crippen MR) is 139 cm³/mol. The van der Waals surface area contributed by atoms with Crippen molar-refractivity contribution in [2.75, 3.05) is 0 Å². The van der Waals surface area contributed by atoms with E-state index in [9.17, 15) is 0 Å². The zero-order valence-corrected chi connectivity index (χ0v) is 25.1. The van der Waals surface area contributed by atoms with Crippen LogP contribution in [0.15, 0.2) is 95.6 Å². The van der Waals surface area contributed by atoms with Gasteiger partial charge in [-0.05, 0) is 13.8 Å². The number of allylic oxidation sites excluding steroid dienone is 4. The van der Waals surface area contributed by atoms with Crippen LogP contribution in [0.1, 0.15) is 38.8 Å². The maximum Gasteiger partial charge on any atom is 4.00 e. The first-order valence-corrected chi connectivity index (χ1v) is 12.0. The van der Waals surface area contributed by atoms with E-state index < -0.39 is 0 Å². The van der Waals surface area contributed by atoms with Crippen LogP contribution in [0, 0.1) is 25.8 Å². The molecule has 0 heterocycles. The third-order valence-electron chi connectivity index (χ3n) is 5.65. The second kappa shape index (κ2) is 17.8. The van der Waals surface area contributed by atoms with Crippen LogP contribution in [0.5, 0.6) is 0 Å². The Bertz CT molecular complexity index is 977. The van der Waals surface area contributed by atoms with E-state index in [1.807, 2.05) is 32.0 Å². The molecule has 5 heteroatoms. The molecule has 3 aromatic rings. The summed E-state index contributed by atoms with van der Waals surface area (Å²) in [5, 5.41) is 2.90. The van der Waals surface area contributed by atoms with Gasteiger partial charge in [0.2, 0.25) is 0 Å². The fourth-order valence-corrected chi connectivity index (χ4v) is 4.48. The number of benzene rings is 3. The summed E-state index contributed by atoms with van der Waals surface area (Å²) in [6, 6.07) is 27.2. The maximum absolute atomic E-state index is 7.44. The summed E-state index contributed by atoms with van der Waals surface area (Å²) in [4.78, 5) is 0. The fraction of sp³-hybridized carbons (Fsp3) is 0.241. The number of hydrogen-bond acceptors (Lipinski definition) is 0. The number of nitrogens with one attached hydrogen (secondary N) is 1.